The molecule has 2 aromatic carbocycles. The third kappa shape index (κ3) is 5.57. The van der Waals surface area contributed by atoms with Crippen molar-refractivity contribution in [1.82, 2.24) is 14.7 Å². The molecule has 7 nitrogen and oxygen atoms in total. The van der Waals surface area contributed by atoms with Gasteiger partial charge in [-0.2, -0.15) is 0 Å². The van der Waals surface area contributed by atoms with Crippen LogP contribution in [-0.4, -0.2) is 71.7 Å². The highest BCUT2D eigenvalue weighted by Gasteiger charge is 2.39. The van der Waals surface area contributed by atoms with Crippen LogP contribution < -0.4 is 5.32 Å². The van der Waals surface area contributed by atoms with Crippen molar-refractivity contribution in [3.05, 3.63) is 66.0 Å². The van der Waals surface area contributed by atoms with Crippen molar-refractivity contribution < 1.29 is 18.8 Å². The Labute approximate surface area is 193 Å². The zero-order valence-electron chi connectivity index (χ0n) is 18.7. The normalized spacial score (nSPS) is 20.1. The van der Waals surface area contributed by atoms with E-state index in [0.717, 1.165) is 5.56 Å². The molecule has 3 amide bonds. The predicted octanol–water partition coefficient (Wildman–Crippen LogP) is 2.52. The lowest BCUT2D eigenvalue weighted by molar-refractivity contribution is -0.137. The van der Waals surface area contributed by atoms with Crippen molar-refractivity contribution in [2.75, 3.05) is 44.6 Å². The first-order valence-corrected chi connectivity index (χ1v) is 11.3. The maximum Gasteiger partial charge on any atom is 0.238 e. The van der Waals surface area contributed by atoms with Gasteiger partial charge in [0.2, 0.25) is 17.7 Å². The molecule has 0 unspecified atom stereocenters. The summed E-state index contributed by atoms with van der Waals surface area (Å²) in [5, 5.41) is 2.76. The molecule has 4 rings (SSSR count). The van der Waals surface area contributed by atoms with Gasteiger partial charge in [0.25, 0.3) is 0 Å². The first kappa shape index (κ1) is 22.9. The molecule has 2 aliphatic rings. The lowest BCUT2D eigenvalue weighted by Gasteiger charge is -2.35. The van der Waals surface area contributed by atoms with E-state index in [4.69, 9.17) is 0 Å². The third-order valence-electron chi connectivity index (χ3n) is 6.44. The Kier molecular flexibility index (Phi) is 7.03. The molecule has 0 saturated carbocycles. The summed E-state index contributed by atoms with van der Waals surface area (Å²) in [6.45, 7) is 4.89. The summed E-state index contributed by atoms with van der Waals surface area (Å²) in [6.07, 6.45) is 0.246. The number of nitrogens with one attached hydrogen (secondary N) is 1. The fourth-order valence-electron chi connectivity index (χ4n) is 4.50. The van der Waals surface area contributed by atoms with Crippen LogP contribution in [0.25, 0.3) is 0 Å². The average molecular weight is 453 g/mol. The second kappa shape index (κ2) is 10.1. The maximum absolute atomic E-state index is 13.1. The lowest BCUT2D eigenvalue weighted by atomic mass is 10.1. The Hall–Kier alpha value is -3.26. The van der Waals surface area contributed by atoms with Gasteiger partial charge in [0, 0.05) is 44.8 Å². The number of hydrogen-bond acceptors (Lipinski definition) is 4. The second-order valence-corrected chi connectivity index (χ2v) is 8.69. The monoisotopic (exact) mass is 452 g/mol. The molecule has 0 spiro atoms. The van der Waals surface area contributed by atoms with Crippen molar-refractivity contribution >= 4 is 23.4 Å². The molecule has 2 heterocycles. The molecule has 0 aromatic heterocycles. The zero-order valence-corrected chi connectivity index (χ0v) is 18.7. The van der Waals surface area contributed by atoms with Crippen molar-refractivity contribution in [2.24, 2.45) is 5.92 Å². The number of hydrogen-bond donors (Lipinski definition) is 1. The van der Waals surface area contributed by atoms with Crippen molar-refractivity contribution in [2.45, 2.75) is 19.4 Å². The summed E-state index contributed by atoms with van der Waals surface area (Å²) in [5.74, 6) is -0.817. The topological polar surface area (TPSA) is 73.0 Å². The molecule has 2 fully saturated rings. The van der Waals surface area contributed by atoms with E-state index in [1.54, 1.807) is 4.90 Å². The fourth-order valence-corrected chi connectivity index (χ4v) is 4.50. The summed E-state index contributed by atoms with van der Waals surface area (Å²) >= 11 is 0. The number of carbonyl (C=O) groups is 3. The quantitative estimate of drug-likeness (QED) is 0.731. The Morgan fingerprint density at radius 2 is 1.70 bits per heavy atom. The van der Waals surface area contributed by atoms with E-state index in [0.29, 0.717) is 38.4 Å². The van der Waals surface area contributed by atoms with E-state index in [9.17, 15) is 18.8 Å². The van der Waals surface area contributed by atoms with Gasteiger partial charge in [0.05, 0.1) is 18.5 Å². The van der Waals surface area contributed by atoms with Crippen LogP contribution >= 0.6 is 0 Å². The molecule has 174 valence electrons. The highest BCUT2D eigenvalue weighted by atomic mass is 19.1. The van der Waals surface area contributed by atoms with Gasteiger partial charge in [-0.1, -0.05) is 30.3 Å². The average Bonchev–Trinajstić information content (AvgIpc) is 3.22. The number of rotatable bonds is 6. The minimum atomic E-state index is -0.351. The number of piperazine rings is 1. The molecule has 33 heavy (non-hydrogen) atoms. The highest BCUT2D eigenvalue weighted by molar-refractivity contribution is 5.92. The Balaban J connectivity index is 1.25. The first-order chi connectivity index (χ1) is 15.9. The Morgan fingerprint density at radius 1 is 1.03 bits per heavy atom. The summed E-state index contributed by atoms with van der Waals surface area (Å²) in [5.41, 5.74) is 1.61. The molecular weight excluding hydrogens is 423 g/mol. The summed E-state index contributed by atoms with van der Waals surface area (Å²) in [4.78, 5) is 43.6. The third-order valence-corrected chi connectivity index (χ3v) is 6.44. The molecule has 1 N–H and O–H groups in total. The van der Waals surface area contributed by atoms with Gasteiger partial charge in [-0.05, 0) is 36.8 Å². The van der Waals surface area contributed by atoms with E-state index in [2.05, 4.69) is 5.32 Å². The zero-order chi connectivity index (χ0) is 23.4. The summed E-state index contributed by atoms with van der Waals surface area (Å²) in [7, 11) is 0. The number of nitrogens with zero attached hydrogens (tertiary/aromatic N) is 3. The summed E-state index contributed by atoms with van der Waals surface area (Å²) < 4.78 is 13.0. The van der Waals surface area contributed by atoms with E-state index in [-0.39, 0.29) is 48.5 Å². The van der Waals surface area contributed by atoms with Gasteiger partial charge in [0.1, 0.15) is 5.82 Å². The van der Waals surface area contributed by atoms with E-state index >= 15 is 0 Å². The first-order valence-electron chi connectivity index (χ1n) is 11.3. The maximum atomic E-state index is 13.1. The number of benzene rings is 2. The lowest BCUT2D eigenvalue weighted by Crippen LogP contribution is -2.52. The number of halogens is 1. The molecule has 0 bridgehead atoms. The standard InChI is InChI=1S/C25H29FN4O3/c1-18(19-5-3-2-4-6-19)30-16-20(15-24(30)32)25(33)29-13-11-28(12-14-29)17-23(31)27-22-9-7-21(26)8-10-22/h2-10,18,20H,11-17H2,1H3,(H,27,31)/t18-,20-/m0/s1. The van der Waals surface area contributed by atoms with Crippen LogP contribution in [0.5, 0.6) is 0 Å². The van der Waals surface area contributed by atoms with Gasteiger partial charge in [0.15, 0.2) is 0 Å². The van der Waals surface area contributed by atoms with Crippen LogP contribution in [0.3, 0.4) is 0 Å². The number of likely N-dealkylation sites (tertiary alicyclic amines) is 1. The number of carbonyl (C=O) groups excluding carboxylic acids is 3. The predicted molar refractivity (Wildman–Crippen MR) is 123 cm³/mol. The van der Waals surface area contributed by atoms with Crippen LogP contribution in [0.4, 0.5) is 10.1 Å². The highest BCUT2D eigenvalue weighted by Crippen LogP contribution is 2.29. The number of amides is 3. The fraction of sp³-hybridized carbons (Fsp3) is 0.400. The van der Waals surface area contributed by atoms with Gasteiger partial charge < -0.3 is 15.1 Å². The van der Waals surface area contributed by atoms with Crippen molar-refractivity contribution in [1.29, 1.82) is 0 Å². The summed E-state index contributed by atoms with van der Waals surface area (Å²) in [6, 6.07) is 15.4. The molecule has 2 aliphatic heterocycles. The van der Waals surface area contributed by atoms with Crippen molar-refractivity contribution in [3.63, 3.8) is 0 Å². The van der Waals surface area contributed by atoms with Gasteiger partial charge >= 0.3 is 0 Å². The van der Waals surface area contributed by atoms with E-state index < -0.39 is 0 Å². The molecule has 0 aliphatic carbocycles. The largest absolute Gasteiger partial charge is 0.340 e. The second-order valence-electron chi connectivity index (χ2n) is 8.69. The molecule has 2 aromatic rings. The van der Waals surface area contributed by atoms with Gasteiger partial charge in [-0.25, -0.2) is 4.39 Å². The smallest absolute Gasteiger partial charge is 0.238 e. The molecule has 2 atom stereocenters. The molecule has 0 radical (unpaired) electrons. The van der Waals surface area contributed by atoms with Crippen LogP contribution in [0, 0.1) is 11.7 Å². The van der Waals surface area contributed by atoms with Gasteiger partial charge in [-0.15, -0.1) is 0 Å². The van der Waals surface area contributed by atoms with Crippen LogP contribution in [0.1, 0.15) is 24.9 Å². The minimum absolute atomic E-state index is 0.0146. The van der Waals surface area contributed by atoms with Gasteiger partial charge in [-0.3, -0.25) is 19.3 Å². The minimum Gasteiger partial charge on any atom is -0.340 e. The Bertz CT molecular complexity index is 990. The van der Waals surface area contributed by atoms with E-state index in [1.165, 1.54) is 24.3 Å². The molecular formula is C25H29FN4O3. The van der Waals surface area contributed by atoms with Crippen LogP contribution in [0.15, 0.2) is 54.6 Å². The van der Waals surface area contributed by atoms with Crippen LogP contribution in [-0.2, 0) is 14.4 Å². The van der Waals surface area contributed by atoms with Crippen LogP contribution in [0.2, 0.25) is 0 Å². The Morgan fingerprint density at radius 3 is 2.36 bits per heavy atom. The SMILES string of the molecule is C[C@@H](c1ccccc1)N1C[C@@H](C(=O)N2CCN(CC(=O)Nc3ccc(F)cc3)CC2)CC1=O. The van der Waals surface area contributed by atoms with Crippen molar-refractivity contribution in [3.8, 4) is 0 Å². The molecule has 2 saturated heterocycles. The molecule has 8 heteroatoms. The van der Waals surface area contributed by atoms with E-state index in [1.807, 2.05) is 47.1 Å². The number of anilines is 1.